The number of carbonyl (C=O) groups is 1. The van der Waals surface area contributed by atoms with E-state index in [1.807, 2.05) is 0 Å². The Kier molecular flexibility index (Phi) is 4.43. The second kappa shape index (κ2) is 6.40. The van der Waals surface area contributed by atoms with E-state index < -0.39 is 17.7 Å². The number of methoxy groups -OCH3 is 1. The molecule has 0 bridgehead atoms. The average molecular weight is 369 g/mol. The van der Waals surface area contributed by atoms with Crippen LogP contribution in [-0.4, -0.2) is 22.7 Å². The summed E-state index contributed by atoms with van der Waals surface area (Å²) in [5.74, 6) is -0.459. The summed E-state index contributed by atoms with van der Waals surface area (Å²) in [4.78, 5) is 11.5. The van der Waals surface area contributed by atoms with Crippen LogP contribution in [0.2, 0.25) is 5.02 Å². The summed E-state index contributed by atoms with van der Waals surface area (Å²) in [6, 6.07) is 6.49. The molecule has 0 amide bonds. The summed E-state index contributed by atoms with van der Waals surface area (Å²) in [5.41, 5.74) is 0.595. The Balaban J connectivity index is 2.15. The number of alkyl halides is 3. The van der Waals surface area contributed by atoms with E-state index >= 15 is 0 Å². The van der Waals surface area contributed by atoms with Crippen molar-refractivity contribution in [2.75, 3.05) is 7.11 Å². The molecule has 25 heavy (non-hydrogen) atoms. The van der Waals surface area contributed by atoms with Crippen molar-refractivity contribution in [2.45, 2.75) is 12.6 Å². The van der Waals surface area contributed by atoms with Crippen molar-refractivity contribution in [3.63, 3.8) is 0 Å². The highest BCUT2D eigenvalue weighted by Gasteiger charge is 2.33. The number of benzene rings is 1. The van der Waals surface area contributed by atoms with Gasteiger partial charge < -0.3 is 4.74 Å². The number of aromatic nitrogens is 2. The van der Waals surface area contributed by atoms with Crippen molar-refractivity contribution >= 4 is 23.1 Å². The van der Waals surface area contributed by atoms with Gasteiger partial charge >= 0.3 is 12.1 Å². The van der Waals surface area contributed by atoms with E-state index in [0.29, 0.717) is 16.6 Å². The second-order valence-corrected chi connectivity index (χ2v) is 5.79. The lowest BCUT2D eigenvalue weighted by atomic mass is 9.99. The van der Waals surface area contributed by atoms with E-state index in [-0.39, 0.29) is 17.0 Å². The summed E-state index contributed by atoms with van der Waals surface area (Å²) in [7, 11) is 1.26. The molecule has 0 unspecified atom stereocenters. The number of rotatable bonds is 3. The van der Waals surface area contributed by atoms with E-state index in [4.69, 9.17) is 11.6 Å². The van der Waals surface area contributed by atoms with Crippen molar-refractivity contribution in [1.82, 2.24) is 9.61 Å². The van der Waals surface area contributed by atoms with Crippen molar-refractivity contribution in [3.8, 4) is 11.1 Å². The van der Waals surface area contributed by atoms with Crippen LogP contribution in [0, 0.1) is 0 Å². The first-order valence-corrected chi connectivity index (χ1v) is 7.57. The molecule has 0 spiro atoms. The molecule has 0 N–H and O–H groups in total. The van der Waals surface area contributed by atoms with Crippen LogP contribution < -0.4 is 0 Å². The summed E-state index contributed by atoms with van der Waals surface area (Å²) in [6.07, 6.45) is -1.52. The summed E-state index contributed by atoms with van der Waals surface area (Å²) < 4.78 is 46.0. The monoisotopic (exact) mass is 368 g/mol. The fraction of sp³-hybridized carbons (Fsp3) is 0.176. The van der Waals surface area contributed by atoms with E-state index in [2.05, 4.69) is 9.84 Å². The molecule has 0 fully saturated rings. The van der Waals surface area contributed by atoms with Gasteiger partial charge in [0.25, 0.3) is 0 Å². The molecule has 0 aliphatic carbocycles. The molecule has 0 atom stereocenters. The third-order valence-corrected chi connectivity index (χ3v) is 4.00. The van der Waals surface area contributed by atoms with Gasteiger partial charge in [0.15, 0.2) is 0 Å². The summed E-state index contributed by atoms with van der Waals surface area (Å²) in [5, 5.41) is 4.29. The lowest BCUT2D eigenvalue weighted by Gasteiger charge is -2.14. The molecule has 0 saturated heterocycles. The van der Waals surface area contributed by atoms with Crippen molar-refractivity contribution in [1.29, 1.82) is 0 Å². The quantitative estimate of drug-likeness (QED) is 0.644. The maximum absolute atomic E-state index is 13.3. The Labute approximate surface area is 145 Å². The van der Waals surface area contributed by atoms with Crippen molar-refractivity contribution in [2.24, 2.45) is 0 Å². The number of hydrogen-bond acceptors (Lipinski definition) is 3. The zero-order valence-corrected chi connectivity index (χ0v) is 13.7. The maximum Gasteiger partial charge on any atom is 0.417 e. The molecular formula is C17H12ClF3N2O2. The van der Waals surface area contributed by atoms with Crippen LogP contribution in [0.5, 0.6) is 0 Å². The van der Waals surface area contributed by atoms with Gasteiger partial charge in [-0.1, -0.05) is 11.6 Å². The van der Waals surface area contributed by atoms with Gasteiger partial charge in [0, 0.05) is 16.8 Å². The van der Waals surface area contributed by atoms with Crippen molar-refractivity contribution in [3.05, 3.63) is 58.9 Å². The fourth-order valence-electron chi connectivity index (χ4n) is 2.57. The number of ether oxygens (including phenoxy) is 1. The molecular weight excluding hydrogens is 357 g/mol. The van der Waals surface area contributed by atoms with Gasteiger partial charge in [-0.25, -0.2) is 4.52 Å². The molecule has 0 aliphatic rings. The number of fused-ring (bicyclic) bond motifs is 1. The van der Waals surface area contributed by atoms with Crippen LogP contribution in [0.4, 0.5) is 13.2 Å². The van der Waals surface area contributed by atoms with Gasteiger partial charge in [0.1, 0.15) is 0 Å². The Hall–Kier alpha value is -2.54. The third-order valence-electron chi connectivity index (χ3n) is 3.76. The van der Waals surface area contributed by atoms with E-state index in [0.717, 1.165) is 6.07 Å². The number of esters is 1. The Morgan fingerprint density at radius 3 is 2.72 bits per heavy atom. The van der Waals surface area contributed by atoms with Crippen LogP contribution in [0.1, 0.15) is 11.1 Å². The van der Waals surface area contributed by atoms with Gasteiger partial charge in [-0.2, -0.15) is 18.3 Å². The number of carbonyl (C=O) groups excluding carboxylic acids is 1. The molecule has 3 aromatic rings. The molecule has 130 valence electrons. The highest BCUT2D eigenvalue weighted by Crippen LogP contribution is 2.38. The molecule has 0 radical (unpaired) electrons. The number of pyridine rings is 1. The summed E-state index contributed by atoms with van der Waals surface area (Å²) in [6.45, 7) is 0. The lowest BCUT2D eigenvalue weighted by molar-refractivity contribution is -0.140. The Morgan fingerprint density at radius 1 is 1.28 bits per heavy atom. The molecule has 2 aromatic heterocycles. The number of halogens is 4. The highest BCUT2D eigenvalue weighted by molar-refractivity contribution is 6.30. The van der Waals surface area contributed by atoms with Crippen LogP contribution in [0.3, 0.4) is 0 Å². The van der Waals surface area contributed by atoms with Crippen LogP contribution in [-0.2, 0) is 22.1 Å². The van der Waals surface area contributed by atoms with E-state index in [9.17, 15) is 18.0 Å². The van der Waals surface area contributed by atoms with Gasteiger partial charge in [-0.3, -0.25) is 4.79 Å². The molecule has 1 aromatic carbocycles. The minimum absolute atomic E-state index is 0.0227. The average Bonchev–Trinajstić information content (AvgIpc) is 2.95. The number of hydrogen-bond donors (Lipinski definition) is 0. The first kappa shape index (κ1) is 17.3. The van der Waals surface area contributed by atoms with Gasteiger partial charge in [-0.05, 0) is 41.5 Å². The number of nitrogens with zero attached hydrogens (tertiary/aromatic N) is 2. The summed E-state index contributed by atoms with van der Waals surface area (Å²) >= 11 is 5.89. The zero-order chi connectivity index (χ0) is 18.2. The van der Waals surface area contributed by atoms with E-state index in [1.54, 1.807) is 6.07 Å². The SMILES string of the molecule is COC(=O)Cc1cnn2ccc(-c3cc(Cl)ccc3C(F)(F)F)cc12. The topological polar surface area (TPSA) is 43.6 Å². The highest BCUT2D eigenvalue weighted by atomic mass is 35.5. The second-order valence-electron chi connectivity index (χ2n) is 5.36. The zero-order valence-electron chi connectivity index (χ0n) is 13.0. The smallest absolute Gasteiger partial charge is 0.417 e. The normalized spacial score (nSPS) is 11.7. The molecule has 2 heterocycles. The molecule has 8 heteroatoms. The minimum atomic E-state index is -4.51. The minimum Gasteiger partial charge on any atom is -0.469 e. The molecule has 0 saturated carbocycles. The van der Waals surface area contributed by atoms with Gasteiger partial charge in [0.05, 0.1) is 30.8 Å². The molecule has 0 aliphatic heterocycles. The predicted octanol–water partition coefficient (Wildman–Crippen LogP) is 4.39. The molecule has 4 nitrogen and oxygen atoms in total. The first-order chi connectivity index (χ1) is 11.8. The van der Waals surface area contributed by atoms with Crippen molar-refractivity contribution < 1.29 is 22.7 Å². The van der Waals surface area contributed by atoms with E-state index in [1.165, 1.54) is 42.2 Å². The van der Waals surface area contributed by atoms with Crippen LogP contribution in [0.15, 0.2) is 42.7 Å². The van der Waals surface area contributed by atoms with Crippen LogP contribution >= 0.6 is 11.6 Å². The molecule has 3 rings (SSSR count). The lowest BCUT2D eigenvalue weighted by Crippen LogP contribution is -2.07. The van der Waals surface area contributed by atoms with Gasteiger partial charge in [0.2, 0.25) is 0 Å². The third kappa shape index (κ3) is 3.46. The predicted molar refractivity (Wildman–Crippen MR) is 86.4 cm³/mol. The standard InChI is InChI=1S/C17H12ClF3N2O2/c1-25-16(24)7-11-9-22-23-5-4-10(6-15(11)23)13-8-12(18)2-3-14(13)17(19,20)21/h2-6,8-9H,7H2,1H3. The van der Waals surface area contributed by atoms with Crippen LogP contribution in [0.25, 0.3) is 16.6 Å². The first-order valence-electron chi connectivity index (χ1n) is 7.20. The maximum atomic E-state index is 13.3. The fourth-order valence-corrected chi connectivity index (χ4v) is 2.74. The van der Waals surface area contributed by atoms with Gasteiger partial charge in [-0.15, -0.1) is 0 Å². The largest absolute Gasteiger partial charge is 0.469 e. The Morgan fingerprint density at radius 2 is 2.04 bits per heavy atom. The Bertz CT molecular complexity index is 951.